The third-order valence-corrected chi connectivity index (χ3v) is 4.72. The molecule has 0 radical (unpaired) electrons. The van der Waals surface area contributed by atoms with Gasteiger partial charge in [-0.1, -0.05) is 32.5 Å². The Morgan fingerprint density at radius 2 is 2.04 bits per heavy atom. The number of methoxy groups -OCH3 is 1. The van der Waals surface area contributed by atoms with E-state index in [1.807, 2.05) is 32.9 Å². The van der Waals surface area contributed by atoms with Crippen LogP contribution in [0.2, 0.25) is 0 Å². The normalized spacial score (nSPS) is 11.8. The van der Waals surface area contributed by atoms with E-state index in [4.69, 9.17) is 15.0 Å². The van der Waals surface area contributed by atoms with Gasteiger partial charge >= 0.3 is 5.63 Å². The SMILES string of the molecule is COc1ccc2c(CSc3nnc(C(C)(C)C)n3N)cc(=O)oc2c1. The second-order valence-corrected chi connectivity index (χ2v) is 7.61. The van der Waals surface area contributed by atoms with E-state index >= 15 is 0 Å². The van der Waals surface area contributed by atoms with Crippen LogP contribution in [0.25, 0.3) is 11.0 Å². The molecule has 1 aromatic carbocycles. The highest BCUT2D eigenvalue weighted by atomic mass is 32.2. The molecule has 0 atom stereocenters. The fourth-order valence-corrected chi connectivity index (χ4v) is 3.33. The fraction of sp³-hybridized carbons (Fsp3) is 0.353. The van der Waals surface area contributed by atoms with Crippen molar-refractivity contribution in [1.29, 1.82) is 0 Å². The maximum absolute atomic E-state index is 11.8. The van der Waals surface area contributed by atoms with Crippen molar-refractivity contribution in [3.05, 3.63) is 46.1 Å². The molecule has 0 bridgehead atoms. The first kappa shape index (κ1) is 17.3. The molecule has 0 aliphatic carbocycles. The number of nitrogens with zero attached hydrogens (tertiary/aromatic N) is 3. The van der Waals surface area contributed by atoms with Gasteiger partial charge in [0.15, 0.2) is 5.82 Å². The first-order valence-corrected chi connectivity index (χ1v) is 8.72. The smallest absolute Gasteiger partial charge is 0.336 e. The van der Waals surface area contributed by atoms with E-state index in [0.717, 1.165) is 10.9 Å². The van der Waals surface area contributed by atoms with Crippen LogP contribution in [0.5, 0.6) is 5.75 Å². The molecule has 2 heterocycles. The van der Waals surface area contributed by atoms with Crippen LogP contribution >= 0.6 is 11.8 Å². The molecule has 0 aliphatic heterocycles. The van der Waals surface area contributed by atoms with Crippen molar-refractivity contribution in [2.24, 2.45) is 0 Å². The van der Waals surface area contributed by atoms with Crippen molar-refractivity contribution < 1.29 is 9.15 Å². The number of rotatable bonds is 4. The minimum atomic E-state index is -0.402. The number of benzene rings is 1. The maximum Gasteiger partial charge on any atom is 0.336 e. The van der Waals surface area contributed by atoms with Crippen LogP contribution in [-0.4, -0.2) is 22.0 Å². The summed E-state index contributed by atoms with van der Waals surface area (Å²) >= 11 is 1.42. The third-order valence-electron chi connectivity index (χ3n) is 3.73. The van der Waals surface area contributed by atoms with Crippen molar-refractivity contribution in [2.45, 2.75) is 37.1 Å². The first-order valence-electron chi connectivity index (χ1n) is 7.74. The Bertz CT molecular complexity index is 972. The predicted molar refractivity (Wildman–Crippen MR) is 97.5 cm³/mol. The molecule has 25 heavy (non-hydrogen) atoms. The van der Waals surface area contributed by atoms with Gasteiger partial charge in [-0.25, -0.2) is 9.47 Å². The van der Waals surface area contributed by atoms with E-state index < -0.39 is 5.63 Å². The summed E-state index contributed by atoms with van der Waals surface area (Å²) in [6, 6.07) is 6.90. The Kier molecular flexibility index (Phi) is 4.47. The lowest BCUT2D eigenvalue weighted by molar-refractivity contribution is 0.414. The number of ether oxygens (including phenoxy) is 1. The maximum atomic E-state index is 11.8. The Labute approximate surface area is 149 Å². The van der Waals surface area contributed by atoms with E-state index in [9.17, 15) is 4.79 Å². The van der Waals surface area contributed by atoms with Gasteiger partial charge in [0.1, 0.15) is 11.3 Å². The number of nitrogens with two attached hydrogens (primary N) is 1. The minimum absolute atomic E-state index is 0.197. The number of nitrogen functional groups attached to an aromatic ring is 1. The summed E-state index contributed by atoms with van der Waals surface area (Å²) < 4.78 is 11.9. The Morgan fingerprint density at radius 1 is 1.28 bits per heavy atom. The molecule has 0 fully saturated rings. The average molecular weight is 360 g/mol. The topological polar surface area (TPSA) is 96.2 Å². The molecule has 132 valence electrons. The number of hydrogen-bond donors (Lipinski definition) is 1. The molecular formula is C17H20N4O3S. The first-order chi connectivity index (χ1) is 11.8. The van der Waals surface area contributed by atoms with Crippen molar-refractivity contribution >= 4 is 22.7 Å². The van der Waals surface area contributed by atoms with Gasteiger partial charge < -0.3 is 15.0 Å². The zero-order valence-corrected chi connectivity index (χ0v) is 15.4. The van der Waals surface area contributed by atoms with Crippen molar-refractivity contribution in [1.82, 2.24) is 14.9 Å². The number of aromatic nitrogens is 3. The monoisotopic (exact) mass is 360 g/mol. The van der Waals surface area contributed by atoms with E-state index in [0.29, 0.717) is 28.1 Å². The van der Waals surface area contributed by atoms with E-state index in [2.05, 4.69) is 10.2 Å². The molecule has 0 aliphatic rings. The fourth-order valence-electron chi connectivity index (χ4n) is 2.49. The summed E-state index contributed by atoms with van der Waals surface area (Å²) in [5.41, 5.74) is 0.740. The highest BCUT2D eigenvalue weighted by molar-refractivity contribution is 7.98. The second-order valence-electron chi connectivity index (χ2n) is 6.67. The molecule has 0 unspecified atom stereocenters. The lowest BCUT2D eigenvalue weighted by Crippen LogP contribution is -2.24. The number of hydrogen-bond acceptors (Lipinski definition) is 7. The van der Waals surface area contributed by atoms with Crippen molar-refractivity contribution in [3.8, 4) is 5.75 Å². The zero-order valence-electron chi connectivity index (χ0n) is 14.6. The largest absolute Gasteiger partial charge is 0.497 e. The lowest BCUT2D eigenvalue weighted by Gasteiger charge is -2.16. The average Bonchev–Trinajstić information content (AvgIpc) is 2.92. The minimum Gasteiger partial charge on any atom is -0.497 e. The Morgan fingerprint density at radius 3 is 2.68 bits per heavy atom. The number of thioether (sulfide) groups is 1. The van der Waals surface area contributed by atoms with Gasteiger partial charge in [0, 0.05) is 28.7 Å². The van der Waals surface area contributed by atoms with E-state index in [1.54, 1.807) is 13.2 Å². The summed E-state index contributed by atoms with van der Waals surface area (Å²) in [7, 11) is 1.57. The van der Waals surface area contributed by atoms with Crippen LogP contribution in [0.15, 0.2) is 38.6 Å². The van der Waals surface area contributed by atoms with Gasteiger partial charge in [0.2, 0.25) is 5.16 Å². The summed E-state index contributed by atoms with van der Waals surface area (Å²) in [5, 5.41) is 9.78. The Balaban J connectivity index is 1.91. The molecular weight excluding hydrogens is 340 g/mol. The van der Waals surface area contributed by atoms with E-state index in [1.165, 1.54) is 22.5 Å². The van der Waals surface area contributed by atoms with E-state index in [-0.39, 0.29) is 5.41 Å². The van der Waals surface area contributed by atoms with Crippen LogP contribution in [0.1, 0.15) is 32.2 Å². The van der Waals surface area contributed by atoms with Crippen LogP contribution in [0.3, 0.4) is 0 Å². The highest BCUT2D eigenvalue weighted by Gasteiger charge is 2.23. The quantitative estimate of drug-likeness (QED) is 0.434. The van der Waals surface area contributed by atoms with Crippen molar-refractivity contribution in [2.75, 3.05) is 13.0 Å². The van der Waals surface area contributed by atoms with Gasteiger partial charge in [0.05, 0.1) is 7.11 Å². The second kappa shape index (κ2) is 6.44. The number of fused-ring (bicyclic) bond motifs is 1. The summed E-state index contributed by atoms with van der Waals surface area (Å²) in [6.45, 7) is 6.08. The molecule has 3 rings (SSSR count). The van der Waals surface area contributed by atoms with Crippen molar-refractivity contribution in [3.63, 3.8) is 0 Å². The molecule has 0 saturated heterocycles. The molecule has 7 nitrogen and oxygen atoms in total. The highest BCUT2D eigenvalue weighted by Crippen LogP contribution is 2.29. The zero-order chi connectivity index (χ0) is 18.2. The Hall–Kier alpha value is -2.48. The molecule has 8 heteroatoms. The van der Waals surface area contributed by atoms with Crippen LogP contribution < -0.4 is 16.2 Å². The molecule has 0 amide bonds. The van der Waals surface area contributed by atoms with Gasteiger partial charge in [-0.05, 0) is 17.7 Å². The van der Waals surface area contributed by atoms with Gasteiger partial charge in [-0.3, -0.25) is 0 Å². The molecule has 0 spiro atoms. The molecule has 3 aromatic rings. The third kappa shape index (κ3) is 3.48. The molecule has 0 saturated carbocycles. The van der Waals surface area contributed by atoms with Gasteiger partial charge in [0.25, 0.3) is 0 Å². The summed E-state index contributed by atoms with van der Waals surface area (Å²) in [4.78, 5) is 11.8. The summed E-state index contributed by atoms with van der Waals surface area (Å²) in [5.74, 6) is 7.97. The lowest BCUT2D eigenvalue weighted by atomic mass is 9.96. The van der Waals surface area contributed by atoms with Crippen LogP contribution in [0.4, 0.5) is 0 Å². The standard InChI is InChI=1S/C17H20N4O3S/c1-17(2,3)15-19-20-16(21(15)18)25-9-10-7-14(22)24-13-8-11(23-4)5-6-12(10)13/h5-8H,9,18H2,1-4H3. The van der Waals surface area contributed by atoms with Gasteiger partial charge in [-0.15, -0.1) is 10.2 Å². The van der Waals surface area contributed by atoms with Gasteiger partial charge in [-0.2, -0.15) is 0 Å². The summed E-state index contributed by atoms with van der Waals surface area (Å²) in [6.07, 6.45) is 0. The molecule has 2 aromatic heterocycles. The molecule has 2 N–H and O–H groups in total. The van der Waals surface area contributed by atoms with Crippen LogP contribution in [-0.2, 0) is 11.2 Å². The predicted octanol–water partition coefficient (Wildman–Crippen LogP) is 2.70. The van der Waals surface area contributed by atoms with Crippen LogP contribution in [0, 0.1) is 0 Å².